The molecule has 0 unspecified atom stereocenters. The highest BCUT2D eigenvalue weighted by molar-refractivity contribution is 7.91. The van der Waals surface area contributed by atoms with Crippen molar-refractivity contribution < 1.29 is 27.1 Å². The lowest BCUT2D eigenvalue weighted by molar-refractivity contribution is -0.142. The van der Waals surface area contributed by atoms with Crippen molar-refractivity contribution in [2.75, 3.05) is 69.7 Å². The third kappa shape index (κ3) is 7.97. The summed E-state index contributed by atoms with van der Waals surface area (Å²) in [4.78, 5) is 35.9. The van der Waals surface area contributed by atoms with Gasteiger partial charge in [0.15, 0.2) is 5.03 Å². The van der Waals surface area contributed by atoms with E-state index in [4.69, 9.17) is 4.74 Å². The lowest BCUT2D eigenvalue weighted by Gasteiger charge is -2.54. The Hall–Kier alpha value is -4.13. The molecule has 54 heavy (non-hydrogen) atoms. The number of pyridine rings is 1. The van der Waals surface area contributed by atoms with Crippen LogP contribution in [-0.4, -0.2) is 94.5 Å². The Kier molecular flexibility index (Phi) is 11.5. The van der Waals surface area contributed by atoms with E-state index in [0.717, 1.165) is 102 Å². The molecule has 1 amide bonds. The topological polar surface area (TPSA) is 112 Å². The molecule has 10 nitrogen and oxygen atoms in total. The number of sulfone groups is 1. The zero-order valence-electron chi connectivity index (χ0n) is 31.2. The summed E-state index contributed by atoms with van der Waals surface area (Å²) < 4.78 is 46.8. The van der Waals surface area contributed by atoms with Crippen molar-refractivity contribution >= 4 is 33.1 Å². The summed E-state index contributed by atoms with van der Waals surface area (Å²) in [5.74, 6) is 0.650. The van der Waals surface area contributed by atoms with E-state index in [-0.39, 0.29) is 33.0 Å². The van der Waals surface area contributed by atoms with Gasteiger partial charge < -0.3 is 24.8 Å². The number of hydrogen-bond acceptors (Lipinski definition) is 9. The molecule has 4 aliphatic rings. The Morgan fingerprint density at radius 2 is 1.74 bits per heavy atom. The molecule has 4 fully saturated rings. The van der Waals surface area contributed by atoms with Gasteiger partial charge in [0.2, 0.25) is 15.7 Å². The Morgan fingerprint density at radius 1 is 0.981 bits per heavy atom. The van der Waals surface area contributed by atoms with Crippen LogP contribution in [0.1, 0.15) is 50.5 Å². The number of aromatic nitrogens is 1. The van der Waals surface area contributed by atoms with E-state index in [1.54, 1.807) is 24.3 Å². The number of hydrogen-bond donors (Lipinski definition) is 1. The van der Waals surface area contributed by atoms with E-state index in [2.05, 4.69) is 37.6 Å². The second kappa shape index (κ2) is 16.3. The first-order valence-corrected chi connectivity index (χ1v) is 20.8. The van der Waals surface area contributed by atoms with Gasteiger partial charge >= 0.3 is 5.97 Å². The van der Waals surface area contributed by atoms with Crippen LogP contribution >= 0.6 is 0 Å². The molecular formula is C42H52FN5O5S. The number of amides is 1. The number of piperidine rings is 1. The zero-order chi connectivity index (χ0) is 37.9. The summed E-state index contributed by atoms with van der Waals surface area (Å²) in [6, 6.07) is 17.1. The Bertz CT molecular complexity index is 1920. The number of nitrogens with one attached hydrogen (secondary N) is 1. The molecule has 0 radical (unpaired) electrons. The van der Waals surface area contributed by atoms with Crippen LogP contribution in [0.15, 0.2) is 89.4 Å². The summed E-state index contributed by atoms with van der Waals surface area (Å²) in [5, 5.41) is 2.44. The predicted octanol–water partition coefficient (Wildman–Crippen LogP) is 5.95. The molecule has 12 heteroatoms. The predicted molar refractivity (Wildman–Crippen MR) is 206 cm³/mol. The molecular weight excluding hydrogens is 706 g/mol. The van der Waals surface area contributed by atoms with E-state index < -0.39 is 15.7 Å². The fraction of sp³-hybridized carbons (Fsp3) is 0.500. The number of methoxy groups -OCH3 is 1. The van der Waals surface area contributed by atoms with Crippen molar-refractivity contribution in [1.82, 2.24) is 14.8 Å². The van der Waals surface area contributed by atoms with Gasteiger partial charge in [0.25, 0.3) is 0 Å². The molecule has 4 heterocycles. The van der Waals surface area contributed by atoms with Gasteiger partial charge in [0.05, 0.1) is 12.0 Å². The van der Waals surface area contributed by atoms with Gasteiger partial charge in [-0.3, -0.25) is 9.59 Å². The molecule has 1 aliphatic carbocycles. The maximum absolute atomic E-state index is 15.0. The molecule has 3 saturated heterocycles. The minimum atomic E-state index is -3.88. The van der Waals surface area contributed by atoms with E-state index in [1.807, 2.05) is 18.2 Å². The first kappa shape index (κ1) is 38.2. The van der Waals surface area contributed by atoms with Gasteiger partial charge in [-0.1, -0.05) is 25.1 Å². The lowest BCUT2D eigenvalue weighted by atomic mass is 9.56. The number of halogens is 1. The summed E-state index contributed by atoms with van der Waals surface area (Å²) in [5.41, 5.74) is 2.19. The van der Waals surface area contributed by atoms with Gasteiger partial charge in [-0.05, 0) is 136 Å². The van der Waals surface area contributed by atoms with Gasteiger partial charge in [0, 0.05) is 61.5 Å². The van der Waals surface area contributed by atoms with Crippen molar-refractivity contribution in [2.24, 2.45) is 23.7 Å². The highest BCUT2D eigenvalue weighted by Crippen LogP contribution is 2.54. The van der Waals surface area contributed by atoms with Crippen LogP contribution in [0.4, 0.5) is 15.8 Å². The molecule has 0 bridgehead atoms. The molecule has 3 aromatic rings. The average molecular weight is 758 g/mol. The number of ether oxygens (including phenoxy) is 1. The number of benzene rings is 2. The standard InChI is InChI=1S/C42H52FN5O5S/c1-3-39(49)45-35-15-18-44-40(25-35)54(51,52)37-13-11-36(12-14-37)48-27-30(28-48)26-46-21-16-32(17-22-46)42(29-47-19-6-20-47,33-8-5-9-34(43)24-33)38-10-4-7-31(38)23-41(50)53-2/h3,5,8-9,11-15,18,24-25,30-32,38H,1,4,6-7,10,16-17,19-23,26-29H2,2H3,(H,44,45,49)/t31-,38+,42+/m1/s1. The highest BCUT2D eigenvalue weighted by Gasteiger charge is 2.53. The summed E-state index contributed by atoms with van der Waals surface area (Å²) in [7, 11) is -2.40. The van der Waals surface area contributed by atoms with E-state index >= 15 is 4.39 Å². The second-order valence-electron chi connectivity index (χ2n) is 15.7. The SMILES string of the molecule is C=CC(=O)Nc1ccnc(S(=O)(=O)c2ccc(N3CC(CN4CCC([C@@](CN5CCC5)(c5cccc(F)c5)[C@H]5CCC[C@@H]5CC(=O)OC)CC4)C3)cc2)c1. The normalized spacial score (nSPS) is 22.5. The van der Waals surface area contributed by atoms with Crippen molar-refractivity contribution in [2.45, 2.75) is 60.3 Å². The second-order valence-corrected chi connectivity index (χ2v) is 17.6. The van der Waals surface area contributed by atoms with Crippen LogP contribution in [0.3, 0.4) is 0 Å². The van der Waals surface area contributed by atoms with Crippen LogP contribution in [0, 0.1) is 29.5 Å². The molecule has 288 valence electrons. The summed E-state index contributed by atoms with van der Waals surface area (Å²) >= 11 is 0. The quantitative estimate of drug-likeness (QED) is 0.158. The van der Waals surface area contributed by atoms with Crippen molar-refractivity contribution in [3.63, 3.8) is 0 Å². The Balaban J connectivity index is 0.990. The molecule has 1 N–H and O–H groups in total. The van der Waals surface area contributed by atoms with Crippen molar-refractivity contribution in [3.8, 4) is 0 Å². The molecule has 3 atom stereocenters. The van der Waals surface area contributed by atoms with Crippen LogP contribution < -0.4 is 10.2 Å². The first-order valence-electron chi connectivity index (χ1n) is 19.4. The third-order valence-electron chi connectivity index (χ3n) is 12.5. The molecule has 2 aromatic carbocycles. The molecule has 7 rings (SSSR count). The van der Waals surface area contributed by atoms with Gasteiger partial charge in [-0.15, -0.1) is 0 Å². The molecule has 0 spiro atoms. The number of likely N-dealkylation sites (tertiary alicyclic amines) is 2. The van der Waals surface area contributed by atoms with Crippen LogP contribution in [0.5, 0.6) is 0 Å². The van der Waals surface area contributed by atoms with Crippen molar-refractivity contribution in [3.05, 3.63) is 90.9 Å². The number of esters is 1. The number of carbonyl (C=O) groups is 2. The van der Waals surface area contributed by atoms with Crippen LogP contribution in [0.25, 0.3) is 0 Å². The minimum Gasteiger partial charge on any atom is -0.469 e. The number of anilines is 2. The highest BCUT2D eigenvalue weighted by atomic mass is 32.2. The summed E-state index contributed by atoms with van der Waals surface area (Å²) in [6.07, 6.45) is 9.32. The zero-order valence-corrected chi connectivity index (χ0v) is 32.0. The average Bonchev–Trinajstić information content (AvgIpc) is 3.61. The van der Waals surface area contributed by atoms with E-state index in [1.165, 1.54) is 31.9 Å². The monoisotopic (exact) mass is 757 g/mol. The largest absolute Gasteiger partial charge is 0.469 e. The Labute approximate surface area is 318 Å². The minimum absolute atomic E-state index is 0.136. The van der Waals surface area contributed by atoms with Crippen LogP contribution in [0.2, 0.25) is 0 Å². The van der Waals surface area contributed by atoms with Gasteiger partial charge in [-0.2, -0.15) is 0 Å². The first-order chi connectivity index (χ1) is 26.1. The van der Waals surface area contributed by atoms with Gasteiger partial charge in [0.1, 0.15) is 5.82 Å². The number of rotatable bonds is 14. The van der Waals surface area contributed by atoms with E-state index in [0.29, 0.717) is 29.9 Å². The summed E-state index contributed by atoms with van der Waals surface area (Å²) in [6.45, 7) is 11.3. The maximum atomic E-state index is 15.0. The maximum Gasteiger partial charge on any atom is 0.305 e. The fourth-order valence-corrected chi connectivity index (χ4v) is 10.9. The van der Waals surface area contributed by atoms with Crippen LogP contribution in [-0.2, 0) is 29.6 Å². The number of carbonyl (C=O) groups excluding carboxylic acids is 2. The lowest BCUT2D eigenvalue weighted by Crippen LogP contribution is -2.58. The third-order valence-corrected chi connectivity index (χ3v) is 14.2. The fourth-order valence-electron chi connectivity index (χ4n) is 9.71. The smallest absolute Gasteiger partial charge is 0.305 e. The molecule has 1 saturated carbocycles. The molecule has 3 aliphatic heterocycles. The van der Waals surface area contributed by atoms with E-state index in [9.17, 15) is 18.0 Å². The number of nitrogens with zero attached hydrogens (tertiary/aromatic N) is 4. The van der Waals surface area contributed by atoms with Gasteiger partial charge in [-0.25, -0.2) is 17.8 Å². The van der Waals surface area contributed by atoms with Crippen molar-refractivity contribution in [1.29, 1.82) is 0 Å². The molecule has 1 aromatic heterocycles. The Morgan fingerprint density at radius 3 is 2.41 bits per heavy atom.